The van der Waals surface area contributed by atoms with Gasteiger partial charge in [-0.15, -0.1) is 11.3 Å². The highest BCUT2D eigenvalue weighted by molar-refractivity contribution is 7.17. The number of nitrogens with zero attached hydrogens (tertiary/aromatic N) is 3. The summed E-state index contributed by atoms with van der Waals surface area (Å²) >= 11 is 1.81. The van der Waals surface area contributed by atoms with E-state index in [0.717, 1.165) is 32.1 Å². The van der Waals surface area contributed by atoms with Gasteiger partial charge in [-0.2, -0.15) is 0 Å². The smallest absolute Gasteiger partial charge is 0.146 e. The van der Waals surface area contributed by atoms with Crippen molar-refractivity contribution < 1.29 is 0 Å². The number of thiophene rings is 1. The zero-order valence-corrected chi connectivity index (χ0v) is 15.2. The van der Waals surface area contributed by atoms with E-state index in [1.54, 1.807) is 0 Å². The van der Waals surface area contributed by atoms with Gasteiger partial charge in [0.25, 0.3) is 0 Å². The summed E-state index contributed by atoms with van der Waals surface area (Å²) < 4.78 is 1.34. The summed E-state index contributed by atoms with van der Waals surface area (Å²) in [4.78, 5) is 9.77. The lowest BCUT2D eigenvalue weighted by molar-refractivity contribution is 0.216. The van der Waals surface area contributed by atoms with E-state index in [1.807, 2.05) is 17.5 Å². The number of anilines is 1. The summed E-state index contributed by atoms with van der Waals surface area (Å²) in [5.74, 6) is 2.09. The van der Waals surface area contributed by atoms with Gasteiger partial charge in [0.2, 0.25) is 0 Å². The number of piperazine rings is 1. The fourth-order valence-electron chi connectivity index (χ4n) is 4.13. The Hall–Kier alpha value is -1.17. The van der Waals surface area contributed by atoms with Crippen molar-refractivity contribution in [3.05, 3.63) is 23.7 Å². The van der Waals surface area contributed by atoms with Crippen LogP contribution >= 0.6 is 11.3 Å². The third kappa shape index (κ3) is 3.58. The first-order valence-electron chi connectivity index (χ1n) is 9.34. The third-order valence-corrected chi connectivity index (χ3v) is 6.69. The van der Waals surface area contributed by atoms with E-state index in [9.17, 15) is 0 Å². The van der Waals surface area contributed by atoms with Crippen LogP contribution in [0.5, 0.6) is 0 Å². The van der Waals surface area contributed by atoms with E-state index >= 15 is 0 Å². The Kier molecular flexibility index (Phi) is 5.01. The lowest BCUT2D eigenvalue weighted by Crippen LogP contribution is -2.47. The second kappa shape index (κ2) is 7.38. The van der Waals surface area contributed by atoms with Crippen LogP contribution in [0.3, 0.4) is 0 Å². The summed E-state index contributed by atoms with van der Waals surface area (Å²) in [6, 6.07) is 4.77. The van der Waals surface area contributed by atoms with Crippen LogP contribution in [-0.4, -0.2) is 48.6 Å². The molecule has 2 fully saturated rings. The maximum atomic E-state index is 6.02. The number of aromatic nitrogens is 1. The van der Waals surface area contributed by atoms with Gasteiger partial charge in [0, 0.05) is 38.4 Å². The highest BCUT2D eigenvalue weighted by Gasteiger charge is 2.22. The van der Waals surface area contributed by atoms with Gasteiger partial charge in [0.05, 0.1) is 4.70 Å². The van der Waals surface area contributed by atoms with Crippen LogP contribution in [0.1, 0.15) is 32.1 Å². The van der Waals surface area contributed by atoms with Gasteiger partial charge in [0.1, 0.15) is 5.82 Å². The molecule has 3 heterocycles. The predicted molar refractivity (Wildman–Crippen MR) is 103 cm³/mol. The molecule has 2 aromatic heterocycles. The van der Waals surface area contributed by atoms with Crippen LogP contribution in [0.25, 0.3) is 10.1 Å². The van der Waals surface area contributed by atoms with Crippen LogP contribution in [0.4, 0.5) is 5.82 Å². The average Bonchev–Trinajstić information content (AvgIpc) is 3.10. The molecule has 2 N–H and O–H groups in total. The van der Waals surface area contributed by atoms with E-state index < -0.39 is 0 Å². The number of pyridine rings is 1. The highest BCUT2D eigenvalue weighted by atomic mass is 32.1. The second-order valence-electron chi connectivity index (χ2n) is 7.37. The van der Waals surface area contributed by atoms with E-state index in [2.05, 4.69) is 32.3 Å². The quantitative estimate of drug-likeness (QED) is 0.924. The van der Waals surface area contributed by atoms with Gasteiger partial charge in [0.15, 0.2) is 0 Å². The first kappa shape index (κ1) is 16.3. The molecule has 1 saturated heterocycles. The summed E-state index contributed by atoms with van der Waals surface area (Å²) in [5.41, 5.74) is 6.02. The maximum Gasteiger partial charge on any atom is 0.146 e. The number of nitrogens with two attached hydrogens (primary N) is 1. The molecule has 4 rings (SSSR count). The normalized spacial score (nSPS) is 26.1. The predicted octanol–water partition coefficient (Wildman–Crippen LogP) is 3.33. The molecule has 0 bridgehead atoms. The van der Waals surface area contributed by atoms with Crippen molar-refractivity contribution in [3.63, 3.8) is 0 Å². The monoisotopic (exact) mass is 344 g/mol. The Labute approximate surface area is 148 Å². The molecule has 5 heteroatoms. The summed E-state index contributed by atoms with van der Waals surface area (Å²) in [7, 11) is 0. The SMILES string of the molecule is NC1CCC(CCN2CCN(c3nccc4ccsc34)CC2)CC1. The first-order valence-corrected chi connectivity index (χ1v) is 10.2. The molecule has 4 nitrogen and oxygen atoms in total. The molecule has 0 aromatic carbocycles. The first-order chi connectivity index (χ1) is 11.8. The lowest BCUT2D eigenvalue weighted by Gasteiger charge is -2.36. The molecule has 130 valence electrons. The fourth-order valence-corrected chi connectivity index (χ4v) is 5.04. The maximum absolute atomic E-state index is 6.02. The minimum atomic E-state index is 0.470. The van der Waals surface area contributed by atoms with E-state index in [-0.39, 0.29) is 0 Å². The zero-order chi connectivity index (χ0) is 16.4. The van der Waals surface area contributed by atoms with Gasteiger partial charge < -0.3 is 10.6 Å². The van der Waals surface area contributed by atoms with Crippen molar-refractivity contribution in [2.24, 2.45) is 11.7 Å². The van der Waals surface area contributed by atoms with E-state index in [4.69, 9.17) is 5.73 Å². The Morgan fingerprint density at radius 3 is 2.67 bits per heavy atom. The van der Waals surface area contributed by atoms with Crippen molar-refractivity contribution in [1.82, 2.24) is 9.88 Å². The second-order valence-corrected chi connectivity index (χ2v) is 8.29. The molecule has 0 spiro atoms. The molecular formula is C19H28N4S. The van der Waals surface area contributed by atoms with E-state index in [0.29, 0.717) is 6.04 Å². The molecule has 2 aliphatic rings. The molecule has 1 aliphatic carbocycles. The van der Waals surface area contributed by atoms with Gasteiger partial charge in [-0.3, -0.25) is 4.90 Å². The Morgan fingerprint density at radius 2 is 1.88 bits per heavy atom. The van der Waals surface area contributed by atoms with Gasteiger partial charge in [-0.25, -0.2) is 4.98 Å². The van der Waals surface area contributed by atoms with Crippen LogP contribution in [-0.2, 0) is 0 Å². The molecule has 1 saturated carbocycles. The lowest BCUT2D eigenvalue weighted by atomic mass is 9.84. The van der Waals surface area contributed by atoms with Gasteiger partial charge in [-0.1, -0.05) is 0 Å². The van der Waals surface area contributed by atoms with Gasteiger partial charge in [-0.05, 0) is 67.5 Å². The molecule has 1 aliphatic heterocycles. The minimum Gasteiger partial charge on any atom is -0.353 e. The Morgan fingerprint density at radius 1 is 1.08 bits per heavy atom. The summed E-state index contributed by atoms with van der Waals surface area (Å²) in [6.45, 7) is 5.77. The van der Waals surface area contributed by atoms with Crippen molar-refractivity contribution in [2.75, 3.05) is 37.6 Å². The Bertz CT molecular complexity index is 654. The van der Waals surface area contributed by atoms with Crippen molar-refractivity contribution in [2.45, 2.75) is 38.1 Å². The number of rotatable bonds is 4. The van der Waals surface area contributed by atoms with Crippen LogP contribution < -0.4 is 10.6 Å². The number of hydrogen-bond acceptors (Lipinski definition) is 5. The molecule has 2 aromatic rings. The Balaban J connectivity index is 1.28. The van der Waals surface area contributed by atoms with Crippen LogP contribution in [0.15, 0.2) is 23.7 Å². The van der Waals surface area contributed by atoms with Crippen molar-refractivity contribution >= 4 is 27.2 Å². The average molecular weight is 345 g/mol. The van der Waals surface area contributed by atoms with Gasteiger partial charge >= 0.3 is 0 Å². The van der Waals surface area contributed by atoms with Crippen LogP contribution in [0.2, 0.25) is 0 Å². The van der Waals surface area contributed by atoms with Crippen molar-refractivity contribution in [1.29, 1.82) is 0 Å². The topological polar surface area (TPSA) is 45.4 Å². The molecule has 0 amide bonds. The standard InChI is InChI=1S/C19H28N4S/c20-17-3-1-15(2-4-17)6-9-22-10-12-23(13-11-22)19-18-16(5-8-21-19)7-14-24-18/h5,7-8,14-15,17H,1-4,6,9-13,20H2. The number of hydrogen-bond donors (Lipinski definition) is 1. The molecular weight excluding hydrogens is 316 g/mol. The summed E-state index contributed by atoms with van der Waals surface area (Å²) in [6.07, 6.45) is 8.44. The molecule has 24 heavy (non-hydrogen) atoms. The van der Waals surface area contributed by atoms with E-state index in [1.165, 1.54) is 54.6 Å². The summed E-state index contributed by atoms with van der Waals surface area (Å²) in [5, 5.41) is 3.49. The number of fused-ring (bicyclic) bond motifs is 1. The molecule has 0 unspecified atom stereocenters. The minimum absolute atomic E-state index is 0.470. The van der Waals surface area contributed by atoms with Crippen LogP contribution in [0, 0.1) is 5.92 Å². The largest absolute Gasteiger partial charge is 0.353 e. The zero-order valence-electron chi connectivity index (χ0n) is 14.4. The van der Waals surface area contributed by atoms with Crippen molar-refractivity contribution in [3.8, 4) is 0 Å². The third-order valence-electron chi connectivity index (χ3n) is 5.77. The molecule has 0 radical (unpaired) electrons. The molecule has 0 atom stereocenters. The fraction of sp³-hybridized carbons (Fsp3) is 0.632. The highest BCUT2D eigenvalue weighted by Crippen LogP contribution is 2.30.